The summed E-state index contributed by atoms with van der Waals surface area (Å²) < 4.78 is 10.6. The Kier molecular flexibility index (Phi) is 2.88. The van der Waals surface area contributed by atoms with Crippen LogP contribution in [0.5, 0.6) is 0 Å². The van der Waals surface area contributed by atoms with Crippen molar-refractivity contribution in [2.45, 2.75) is 31.4 Å². The van der Waals surface area contributed by atoms with Gasteiger partial charge in [-0.05, 0) is 13.3 Å². The number of nitrogens with zero attached hydrogens (tertiary/aromatic N) is 2. The molecule has 1 N–H and O–H groups in total. The number of halogens is 1. The second-order valence-electron chi connectivity index (χ2n) is 3.25. The Morgan fingerprint density at radius 1 is 1.57 bits per heavy atom. The molecule has 78 valence electrons. The van der Waals surface area contributed by atoms with Gasteiger partial charge in [0.25, 0.3) is 0 Å². The van der Waals surface area contributed by atoms with E-state index in [1.54, 1.807) is 0 Å². The van der Waals surface area contributed by atoms with Crippen LogP contribution in [0.25, 0.3) is 0 Å². The quantitative estimate of drug-likeness (QED) is 0.776. The predicted molar refractivity (Wildman–Crippen MR) is 51.3 cm³/mol. The fourth-order valence-electron chi connectivity index (χ4n) is 1.45. The van der Waals surface area contributed by atoms with Crippen molar-refractivity contribution in [3.63, 3.8) is 0 Å². The minimum Gasteiger partial charge on any atom is -0.407 e. The van der Waals surface area contributed by atoms with Gasteiger partial charge in [0.15, 0.2) is 0 Å². The van der Waals surface area contributed by atoms with Crippen LogP contribution in [0.2, 0.25) is 0 Å². The van der Waals surface area contributed by atoms with Gasteiger partial charge in [-0.3, -0.25) is 0 Å². The number of aromatic nitrogens is 2. The van der Waals surface area contributed by atoms with E-state index in [2.05, 4.69) is 15.5 Å². The first-order chi connectivity index (χ1) is 6.79. The van der Waals surface area contributed by atoms with Gasteiger partial charge < -0.3 is 14.5 Å². The highest BCUT2D eigenvalue weighted by molar-refractivity contribution is 6.16. The van der Waals surface area contributed by atoms with Gasteiger partial charge in [0, 0.05) is 6.61 Å². The lowest BCUT2D eigenvalue weighted by Gasteiger charge is -2.13. The molecule has 0 bridgehead atoms. The molecule has 0 aliphatic carbocycles. The van der Waals surface area contributed by atoms with Crippen molar-refractivity contribution >= 4 is 17.6 Å². The molecule has 1 aromatic heterocycles. The average Bonchev–Trinajstić information content (AvgIpc) is 2.77. The molecule has 5 nitrogen and oxygen atoms in total. The topological polar surface area (TPSA) is 60.2 Å². The van der Waals surface area contributed by atoms with Crippen LogP contribution in [0.3, 0.4) is 0 Å². The van der Waals surface area contributed by atoms with Crippen molar-refractivity contribution in [3.05, 3.63) is 5.89 Å². The number of alkyl halides is 1. The fraction of sp³-hybridized carbons (Fsp3) is 0.750. The largest absolute Gasteiger partial charge is 0.407 e. The van der Waals surface area contributed by atoms with Crippen molar-refractivity contribution in [1.82, 2.24) is 10.2 Å². The van der Waals surface area contributed by atoms with Gasteiger partial charge in [0.05, 0.1) is 12.1 Å². The molecule has 0 saturated carbocycles. The minimum absolute atomic E-state index is 0.182. The first-order valence-electron chi connectivity index (χ1n) is 4.56. The molecule has 6 heteroatoms. The molecule has 2 unspecified atom stereocenters. The molecule has 2 atom stereocenters. The Bertz CT molecular complexity index is 305. The molecule has 1 aliphatic rings. The van der Waals surface area contributed by atoms with Crippen LogP contribution in [0.1, 0.15) is 19.2 Å². The molecule has 0 amide bonds. The molecule has 0 spiro atoms. The number of rotatable bonds is 3. The maximum absolute atomic E-state index is 5.54. The molecule has 0 aromatic carbocycles. The summed E-state index contributed by atoms with van der Waals surface area (Å²) in [6, 6.07) is 0.668. The number of hydrogen-bond acceptors (Lipinski definition) is 5. The van der Waals surface area contributed by atoms with Crippen molar-refractivity contribution in [1.29, 1.82) is 0 Å². The number of nitrogens with one attached hydrogen (secondary N) is 1. The number of ether oxygens (including phenoxy) is 1. The van der Waals surface area contributed by atoms with Crippen LogP contribution >= 0.6 is 11.6 Å². The normalized spacial score (nSPS) is 26.7. The highest BCUT2D eigenvalue weighted by Crippen LogP contribution is 2.18. The van der Waals surface area contributed by atoms with E-state index in [-0.39, 0.29) is 18.0 Å². The van der Waals surface area contributed by atoms with Crippen molar-refractivity contribution in [2.75, 3.05) is 11.9 Å². The molecular formula is C8H12ClN3O2. The number of hydrogen-bond donors (Lipinski definition) is 1. The molecule has 14 heavy (non-hydrogen) atoms. The van der Waals surface area contributed by atoms with Gasteiger partial charge in [0.1, 0.15) is 5.88 Å². The van der Waals surface area contributed by atoms with Crippen LogP contribution in [-0.4, -0.2) is 29.0 Å². The van der Waals surface area contributed by atoms with Gasteiger partial charge in [-0.25, -0.2) is 0 Å². The summed E-state index contributed by atoms with van der Waals surface area (Å²) in [4.78, 5) is 0. The Labute approximate surface area is 86.8 Å². The summed E-state index contributed by atoms with van der Waals surface area (Å²) >= 11 is 5.54. The molecule has 1 aliphatic heterocycles. The van der Waals surface area contributed by atoms with E-state index in [0.717, 1.165) is 13.0 Å². The summed E-state index contributed by atoms with van der Waals surface area (Å²) in [6.07, 6.45) is 1.14. The zero-order valence-corrected chi connectivity index (χ0v) is 8.62. The summed E-state index contributed by atoms with van der Waals surface area (Å²) in [5.74, 6) is 0.673. The molecule has 0 radical (unpaired) electrons. The smallest absolute Gasteiger partial charge is 0.315 e. The lowest BCUT2D eigenvalue weighted by molar-refractivity contribution is 0.121. The Morgan fingerprint density at radius 3 is 3.00 bits per heavy atom. The monoisotopic (exact) mass is 217 g/mol. The molecule has 2 heterocycles. The lowest BCUT2D eigenvalue weighted by Crippen LogP contribution is -2.26. The van der Waals surface area contributed by atoms with Crippen molar-refractivity contribution in [2.24, 2.45) is 0 Å². The summed E-state index contributed by atoms with van der Waals surface area (Å²) in [5.41, 5.74) is 0. The van der Waals surface area contributed by atoms with Crippen LogP contribution < -0.4 is 5.32 Å². The molecule has 1 fully saturated rings. The molecule has 1 aromatic rings. The standard InChI is InChI=1S/C8H12ClN3O2/c1-5-6(2-3-13-5)10-8-12-11-7(4-9)14-8/h5-6H,2-4H2,1H3,(H,10,12). The van der Waals surface area contributed by atoms with E-state index >= 15 is 0 Å². The lowest BCUT2D eigenvalue weighted by atomic mass is 10.2. The van der Waals surface area contributed by atoms with E-state index in [9.17, 15) is 0 Å². The maximum atomic E-state index is 5.54. The van der Waals surface area contributed by atoms with Crippen LogP contribution in [-0.2, 0) is 10.6 Å². The van der Waals surface area contributed by atoms with E-state index in [4.69, 9.17) is 20.8 Å². The summed E-state index contributed by atoms with van der Waals surface area (Å²) in [5, 5.41) is 10.7. The second-order valence-corrected chi connectivity index (χ2v) is 3.52. The minimum atomic E-state index is 0.182. The third-order valence-electron chi connectivity index (χ3n) is 2.27. The summed E-state index contributed by atoms with van der Waals surface area (Å²) in [7, 11) is 0. The van der Waals surface area contributed by atoms with Crippen molar-refractivity contribution < 1.29 is 9.15 Å². The summed E-state index contributed by atoms with van der Waals surface area (Å²) in [6.45, 7) is 2.79. The highest BCUT2D eigenvalue weighted by atomic mass is 35.5. The predicted octanol–water partition coefficient (Wildman–Crippen LogP) is 1.40. The van der Waals surface area contributed by atoms with E-state index < -0.39 is 0 Å². The Hall–Kier alpha value is -0.810. The van der Waals surface area contributed by atoms with E-state index in [1.165, 1.54) is 0 Å². The van der Waals surface area contributed by atoms with Crippen LogP contribution in [0.15, 0.2) is 4.42 Å². The number of anilines is 1. The molecular weight excluding hydrogens is 206 g/mol. The van der Waals surface area contributed by atoms with Gasteiger partial charge in [-0.15, -0.1) is 16.7 Å². The SMILES string of the molecule is CC1OCCC1Nc1nnc(CCl)o1. The highest BCUT2D eigenvalue weighted by Gasteiger charge is 2.25. The van der Waals surface area contributed by atoms with E-state index in [0.29, 0.717) is 11.9 Å². The Balaban J connectivity index is 1.96. The van der Waals surface area contributed by atoms with Gasteiger partial charge in [0.2, 0.25) is 5.89 Å². The first kappa shape index (κ1) is 9.73. The zero-order chi connectivity index (χ0) is 9.97. The van der Waals surface area contributed by atoms with Gasteiger partial charge in [-0.1, -0.05) is 5.10 Å². The maximum Gasteiger partial charge on any atom is 0.315 e. The van der Waals surface area contributed by atoms with Crippen LogP contribution in [0.4, 0.5) is 6.01 Å². The second kappa shape index (κ2) is 4.14. The average molecular weight is 218 g/mol. The van der Waals surface area contributed by atoms with Crippen LogP contribution in [0, 0.1) is 0 Å². The zero-order valence-electron chi connectivity index (χ0n) is 7.86. The fourth-order valence-corrected chi connectivity index (χ4v) is 1.55. The third kappa shape index (κ3) is 1.99. The Morgan fingerprint density at radius 2 is 2.43 bits per heavy atom. The molecule has 2 rings (SSSR count). The third-order valence-corrected chi connectivity index (χ3v) is 2.49. The molecule has 1 saturated heterocycles. The first-order valence-corrected chi connectivity index (χ1v) is 5.09. The van der Waals surface area contributed by atoms with Gasteiger partial charge in [-0.2, -0.15) is 0 Å². The van der Waals surface area contributed by atoms with E-state index in [1.807, 2.05) is 6.92 Å². The van der Waals surface area contributed by atoms with Gasteiger partial charge >= 0.3 is 6.01 Å². The van der Waals surface area contributed by atoms with Crippen molar-refractivity contribution in [3.8, 4) is 0 Å².